The lowest BCUT2D eigenvalue weighted by atomic mass is 10.3. The Labute approximate surface area is 230 Å². The minimum Gasteiger partial charge on any atom is -0.546 e. The number of ether oxygens (including phenoxy) is 1. The number of rotatable bonds is 18. The fourth-order valence-corrected chi connectivity index (χ4v) is 28.6. The lowest BCUT2D eigenvalue weighted by Gasteiger charge is -2.39. The predicted molar refractivity (Wildman–Crippen MR) is 164 cm³/mol. The first-order chi connectivity index (χ1) is 18.2. The van der Waals surface area contributed by atoms with Crippen molar-refractivity contribution in [2.45, 2.75) is 42.4 Å². The number of benzene rings is 3. The van der Waals surface area contributed by atoms with Gasteiger partial charge in [-0.25, -0.2) is 0 Å². The normalized spacial score (nSPS) is 12.6. The van der Waals surface area contributed by atoms with Crippen LogP contribution in [0, 0.1) is 0 Å². The van der Waals surface area contributed by atoms with Crippen LogP contribution in [0.25, 0.3) is 0 Å². The zero-order valence-corrected chi connectivity index (χ0v) is 25.9. The van der Waals surface area contributed by atoms with E-state index in [4.69, 9.17) is 13.6 Å². The molecular weight excluding hydrogens is 521 g/mol. The molecule has 4 radical (unpaired) electrons. The van der Waals surface area contributed by atoms with Gasteiger partial charge in [0.1, 0.15) is 17.2 Å². The molecule has 0 N–H and O–H groups in total. The summed E-state index contributed by atoms with van der Waals surface area (Å²) in [5, 5.41) is 0. The van der Waals surface area contributed by atoms with Gasteiger partial charge in [0.25, 0.3) is 9.04 Å². The second-order valence-electron chi connectivity index (χ2n) is 8.82. The van der Waals surface area contributed by atoms with Gasteiger partial charge in [-0.3, -0.25) is 0 Å². The van der Waals surface area contributed by atoms with Crippen LogP contribution in [0.5, 0.6) is 17.2 Å². The molecule has 0 aromatic heterocycles. The summed E-state index contributed by atoms with van der Waals surface area (Å²) in [4.78, 5) is 0. The van der Waals surface area contributed by atoms with Crippen LogP contribution in [-0.4, -0.2) is 41.3 Å². The van der Waals surface area contributed by atoms with Crippen LogP contribution in [0.1, 0.15) is 6.92 Å². The van der Waals surface area contributed by atoms with E-state index in [1.54, 1.807) is 0 Å². The van der Waals surface area contributed by atoms with Crippen molar-refractivity contribution < 1.29 is 13.6 Å². The maximum Gasteiger partial charge on any atom is 0.284 e. The van der Waals surface area contributed by atoms with E-state index < -0.39 is 25.2 Å². The van der Waals surface area contributed by atoms with Gasteiger partial charge >= 0.3 is 0 Å². The van der Waals surface area contributed by atoms with Gasteiger partial charge in [-0.15, -0.1) is 13.2 Å². The van der Waals surface area contributed by atoms with Gasteiger partial charge in [0.15, 0.2) is 0 Å². The molecule has 3 aromatic rings. The Hall–Kier alpha value is -2.59. The summed E-state index contributed by atoms with van der Waals surface area (Å²) in [5.41, 5.74) is 2.27. The van der Waals surface area contributed by atoms with E-state index in [2.05, 4.69) is 68.6 Å². The largest absolute Gasteiger partial charge is 0.546 e. The molecule has 0 fully saturated rings. The zero-order chi connectivity index (χ0) is 26.2. The number of allylic oxidation sites excluding steroid dienone is 2. The fraction of sp³-hybridized carbons (Fsp3) is 0.267. The summed E-state index contributed by atoms with van der Waals surface area (Å²) in [6.45, 7) is 11.3. The smallest absolute Gasteiger partial charge is 0.284 e. The van der Waals surface area contributed by atoms with E-state index in [1.165, 1.54) is 11.7 Å². The van der Waals surface area contributed by atoms with Crippen LogP contribution in [0.4, 0.5) is 0 Å². The Bertz CT molecular complexity index is 1040. The average Bonchev–Trinajstić information content (AvgIpc) is 2.93. The van der Waals surface area contributed by atoms with Crippen LogP contribution in [0.15, 0.2) is 116 Å². The third kappa shape index (κ3) is 9.66. The van der Waals surface area contributed by atoms with Crippen LogP contribution in [-0.2, 0) is 0 Å². The highest BCUT2D eigenvalue weighted by molar-refractivity contribution is 7.34. The Kier molecular flexibility index (Phi) is 12.8. The van der Waals surface area contributed by atoms with Crippen molar-refractivity contribution in [1.82, 2.24) is 0 Å². The molecule has 0 saturated heterocycles. The SMILES string of the molecule is C=CC[Si](C[Si]CC)[Si](CC=C)(C[Si](CCOc1ccccc1)Oc1ccccc1)Oc1ccccc1. The lowest BCUT2D eigenvalue weighted by Crippen LogP contribution is -2.59. The van der Waals surface area contributed by atoms with Gasteiger partial charge in [-0.05, 0) is 48.5 Å². The Morgan fingerprint density at radius 2 is 1.41 bits per heavy atom. The van der Waals surface area contributed by atoms with Crippen molar-refractivity contribution >= 4 is 34.7 Å². The van der Waals surface area contributed by atoms with E-state index in [9.17, 15) is 0 Å². The number of hydrogen-bond donors (Lipinski definition) is 0. The molecule has 0 bridgehead atoms. The zero-order valence-electron chi connectivity index (χ0n) is 21.9. The van der Waals surface area contributed by atoms with Crippen molar-refractivity contribution in [3.63, 3.8) is 0 Å². The molecule has 3 nitrogen and oxygen atoms in total. The molecule has 0 amide bonds. The summed E-state index contributed by atoms with van der Waals surface area (Å²) in [6.07, 6.45) is 4.22. The first-order valence-corrected chi connectivity index (χ1v) is 21.4. The van der Waals surface area contributed by atoms with Crippen LogP contribution < -0.4 is 13.6 Å². The first-order valence-electron chi connectivity index (χ1n) is 13.0. The van der Waals surface area contributed by atoms with Gasteiger partial charge in [0.2, 0.25) is 7.83 Å². The standard InChI is InChI=1S/C30H38O3Si4/c1-4-23-36(26-34-6-3)37(25-5-2,33-30-20-14-9-15-21-30)27-35(32-29-18-12-8-13-19-29)24-22-31-28-16-10-7-11-17-28/h4-5,7-21H,1-2,6,22-27H2,3H3. The summed E-state index contributed by atoms with van der Waals surface area (Å²) in [6, 6.07) is 34.8. The van der Waals surface area contributed by atoms with Gasteiger partial charge in [-0.2, -0.15) is 0 Å². The second-order valence-corrected chi connectivity index (χ2v) is 23.7. The minimum atomic E-state index is -2.29. The summed E-state index contributed by atoms with van der Waals surface area (Å²) in [7, 11) is -3.45. The maximum atomic E-state index is 7.16. The minimum absolute atomic E-state index is 0.634. The third-order valence-corrected chi connectivity index (χ3v) is 26.6. The molecule has 192 valence electrons. The van der Waals surface area contributed by atoms with Crippen molar-refractivity contribution in [3.05, 3.63) is 116 Å². The molecule has 37 heavy (non-hydrogen) atoms. The molecule has 7 heteroatoms. The van der Waals surface area contributed by atoms with Crippen molar-refractivity contribution in [1.29, 1.82) is 0 Å². The monoisotopic (exact) mass is 558 g/mol. The fourth-order valence-electron chi connectivity index (χ4n) is 4.26. The summed E-state index contributed by atoms with van der Waals surface area (Å²) < 4.78 is 20.1. The van der Waals surface area contributed by atoms with Gasteiger partial charge in [0.05, 0.1) is 14.9 Å². The van der Waals surface area contributed by atoms with E-state index in [0.717, 1.165) is 50.6 Å². The summed E-state index contributed by atoms with van der Waals surface area (Å²) in [5.74, 6) is 2.81. The average molecular weight is 559 g/mol. The molecule has 0 aliphatic heterocycles. The maximum absolute atomic E-state index is 7.16. The topological polar surface area (TPSA) is 27.7 Å². The number of hydrogen-bond acceptors (Lipinski definition) is 3. The quantitative estimate of drug-likeness (QED) is 0.118. The van der Waals surface area contributed by atoms with Crippen LogP contribution in [0.3, 0.4) is 0 Å². The lowest BCUT2D eigenvalue weighted by molar-refractivity contribution is 0.334. The van der Waals surface area contributed by atoms with Gasteiger partial charge in [0, 0.05) is 21.2 Å². The van der Waals surface area contributed by atoms with Crippen molar-refractivity contribution in [2.24, 2.45) is 0 Å². The van der Waals surface area contributed by atoms with Gasteiger partial charge in [-0.1, -0.05) is 85.4 Å². The van der Waals surface area contributed by atoms with Gasteiger partial charge < -0.3 is 13.6 Å². The first kappa shape index (κ1) is 29.0. The molecule has 0 aliphatic rings. The van der Waals surface area contributed by atoms with Crippen molar-refractivity contribution in [3.8, 4) is 17.2 Å². The molecule has 0 aliphatic carbocycles. The highest BCUT2D eigenvalue weighted by Crippen LogP contribution is 2.31. The highest BCUT2D eigenvalue weighted by atomic mass is 29.2. The van der Waals surface area contributed by atoms with Crippen molar-refractivity contribution in [2.75, 3.05) is 6.61 Å². The van der Waals surface area contributed by atoms with E-state index >= 15 is 0 Å². The molecular formula is C30H38O3Si4. The number of para-hydroxylation sites is 3. The van der Waals surface area contributed by atoms with E-state index in [-0.39, 0.29) is 0 Å². The Morgan fingerprint density at radius 3 is 1.97 bits per heavy atom. The predicted octanol–water partition coefficient (Wildman–Crippen LogP) is 7.74. The van der Waals surface area contributed by atoms with Crippen LogP contribution in [0.2, 0.25) is 35.5 Å². The molecule has 1 atom stereocenters. The molecule has 3 aromatic carbocycles. The Balaban J connectivity index is 1.92. The molecule has 3 rings (SSSR count). The molecule has 0 heterocycles. The molecule has 0 spiro atoms. The Morgan fingerprint density at radius 1 is 0.811 bits per heavy atom. The molecule has 1 unspecified atom stereocenters. The molecule has 0 saturated carbocycles. The second kappa shape index (κ2) is 16.3. The van der Waals surface area contributed by atoms with Crippen LogP contribution >= 0.6 is 0 Å². The third-order valence-electron chi connectivity index (χ3n) is 6.03. The summed E-state index contributed by atoms with van der Waals surface area (Å²) >= 11 is 0. The van der Waals surface area contributed by atoms with E-state index in [1.807, 2.05) is 54.6 Å². The van der Waals surface area contributed by atoms with E-state index in [0.29, 0.717) is 6.61 Å². The highest BCUT2D eigenvalue weighted by Gasteiger charge is 2.47.